The van der Waals surface area contributed by atoms with Gasteiger partial charge in [0, 0.05) is 18.5 Å². The van der Waals surface area contributed by atoms with Crippen molar-refractivity contribution in [1.82, 2.24) is 10.6 Å². The van der Waals surface area contributed by atoms with E-state index in [9.17, 15) is 13.6 Å². The minimum atomic E-state index is -2.47. The van der Waals surface area contributed by atoms with Crippen LogP contribution in [0.15, 0.2) is 0 Å². The lowest BCUT2D eigenvalue weighted by atomic mass is 10.0. The van der Waals surface area contributed by atoms with E-state index in [4.69, 9.17) is 0 Å². The van der Waals surface area contributed by atoms with E-state index in [0.29, 0.717) is 6.04 Å². The molecule has 1 aliphatic heterocycles. The summed E-state index contributed by atoms with van der Waals surface area (Å²) in [7, 11) is 0. The first-order chi connectivity index (χ1) is 8.08. The van der Waals surface area contributed by atoms with Crippen molar-refractivity contribution in [2.75, 3.05) is 19.8 Å². The number of hydrogen-bond donors (Lipinski definition) is 2. The largest absolute Gasteiger partial charge is 0.375 e. The Bertz CT molecular complexity index is 240. The van der Waals surface area contributed by atoms with Gasteiger partial charge in [0.15, 0.2) is 0 Å². The van der Waals surface area contributed by atoms with E-state index < -0.39 is 13.0 Å². The van der Waals surface area contributed by atoms with Crippen LogP contribution in [0.5, 0.6) is 0 Å². The third kappa shape index (κ3) is 6.53. The van der Waals surface area contributed by atoms with Gasteiger partial charge in [-0.2, -0.15) is 0 Å². The summed E-state index contributed by atoms with van der Waals surface area (Å²) in [6.45, 7) is 2.42. The van der Waals surface area contributed by atoms with Crippen molar-refractivity contribution in [2.24, 2.45) is 0 Å². The highest BCUT2D eigenvalue weighted by Crippen LogP contribution is 2.08. The second kappa shape index (κ2) is 7.55. The van der Waals surface area contributed by atoms with Crippen molar-refractivity contribution < 1.29 is 18.3 Å². The number of halogens is 2. The van der Waals surface area contributed by atoms with Crippen molar-refractivity contribution in [3.8, 4) is 0 Å². The summed E-state index contributed by atoms with van der Waals surface area (Å²) in [5.74, 6) is -0.127. The van der Waals surface area contributed by atoms with Gasteiger partial charge in [-0.1, -0.05) is 0 Å². The Balaban J connectivity index is 2.07. The SMILES string of the molecule is CC1CC(NC(=O)CCOCC(F)F)CCN1. The summed E-state index contributed by atoms with van der Waals surface area (Å²) < 4.78 is 28.1. The summed E-state index contributed by atoms with van der Waals surface area (Å²) in [4.78, 5) is 11.5. The van der Waals surface area contributed by atoms with Gasteiger partial charge >= 0.3 is 0 Å². The van der Waals surface area contributed by atoms with Gasteiger partial charge in [0.05, 0.1) is 6.61 Å². The predicted molar refractivity (Wildman–Crippen MR) is 60.1 cm³/mol. The Morgan fingerprint density at radius 2 is 2.35 bits per heavy atom. The number of amides is 1. The summed E-state index contributed by atoms with van der Waals surface area (Å²) in [6, 6.07) is 0.595. The van der Waals surface area contributed by atoms with Gasteiger partial charge in [0.1, 0.15) is 6.61 Å². The molecule has 2 N–H and O–H groups in total. The first kappa shape index (κ1) is 14.3. The molecule has 1 saturated heterocycles. The van der Waals surface area contributed by atoms with Crippen LogP contribution in [-0.4, -0.2) is 44.2 Å². The minimum Gasteiger partial charge on any atom is -0.375 e. The van der Waals surface area contributed by atoms with Crippen LogP contribution in [0.4, 0.5) is 8.78 Å². The van der Waals surface area contributed by atoms with E-state index in [1.165, 1.54) is 0 Å². The third-order valence-corrected chi connectivity index (χ3v) is 2.71. The molecular formula is C11H20F2N2O2. The Morgan fingerprint density at radius 3 is 3.00 bits per heavy atom. The Labute approximate surface area is 100 Å². The Kier molecular flexibility index (Phi) is 6.36. The number of alkyl halides is 2. The number of rotatable bonds is 6. The average molecular weight is 250 g/mol. The molecule has 1 aliphatic rings. The van der Waals surface area contributed by atoms with Gasteiger partial charge < -0.3 is 15.4 Å². The first-order valence-corrected chi connectivity index (χ1v) is 5.96. The fraction of sp³-hybridized carbons (Fsp3) is 0.909. The van der Waals surface area contributed by atoms with Gasteiger partial charge in [-0.15, -0.1) is 0 Å². The molecule has 0 aromatic heterocycles. The molecule has 0 saturated carbocycles. The zero-order chi connectivity index (χ0) is 12.7. The van der Waals surface area contributed by atoms with Crippen LogP contribution in [0.1, 0.15) is 26.2 Å². The van der Waals surface area contributed by atoms with Crippen molar-refractivity contribution in [3.63, 3.8) is 0 Å². The number of nitrogens with one attached hydrogen (secondary N) is 2. The molecule has 0 aromatic rings. The van der Waals surface area contributed by atoms with Gasteiger partial charge in [-0.25, -0.2) is 8.78 Å². The van der Waals surface area contributed by atoms with E-state index in [2.05, 4.69) is 22.3 Å². The normalized spacial score (nSPS) is 24.9. The van der Waals surface area contributed by atoms with Crippen LogP contribution < -0.4 is 10.6 Å². The monoisotopic (exact) mass is 250 g/mol. The number of piperidine rings is 1. The van der Waals surface area contributed by atoms with Crippen LogP contribution in [0.2, 0.25) is 0 Å². The van der Waals surface area contributed by atoms with E-state index in [0.717, 1.165) is 19.4 Å². The molecule has 0 bridgehead atoms. The lowest BCUT2D eigenvalue weighted by molar-refractivity contribution is -0.123. The highest BCUT2D eigenvalue weighted by Gasteiger charge is 2.19. The molecule has 0 spiro atoms. The van der Waals surface area contributed by atoms with Crippen LogP contribution >= 0.6 is 0 Å². The molecule has 0 aromatic carbocycles. The maximum Gasteiger partial charge on any atom is 0.261 e. The van der Waals surface area contributed by atoms with E-state index in [-0.39, 0.29) is 25.0 Å². The molecule has 0 aliphatic carbocycles. The zero-order valence-corrected chi connectivity index (χ0v) is 10.0. The van der Waals surface area contributed by atoms with Crippen molar-refractivity contribution in [2.45, 2.75) is 44.7 Å². The van der Waals surface area contributed by atoms with Crippen LogP contribution in [0.25, 0.3) is 0 Å². The van der Waals surface area contributed by atoms with Gasteiger partial charge in [-0.3, -0.25) is 4.79 Å². The highest BCUT2D eigenvalue weighted by atomic mass is 19.3. The quantitative estimate of drug-likeness (QED) is 0.689. The molecule has 1 heterocycles. The predicted octanol–water partition coefficient (Wildman–Crippen LogP) is 0.915. The summed E-state index contributed by atoms with van der Waals surface area (Å²) >= 11 is 0. The summed E-state index contributed by atoms with van der Waals surface area (Å²) in [5, 5.41) is 6.18. The third-order valence-electron chi connectivity index (χ3n) is 2.71. The lowest BCUT2D eigenvalue weighted by Crippen LogP contribution is -2.46. The molecule has 6 heteroatoms. The van der Waals surface area contributed by atoms with Gasteiger partial charge in [0.2, 0.25) is 5.91 Å². The van der Waals surface area contributed by atoms with Crippen LogP contribution in [-0.2, 0) is 9.53 Å². The van der Waals surface area contributed by atoms with Crippen LogP contribution in [0, 0.1) is 0 Å². The molecule has 0 radical (unpaired) electrons. The van der Waals surface area contributed by atoms with Gasteiger partial charge in [0.25, 0.3) is 6.43 Å². The molecule has 1 rings (SSSR count). The van der Waals surface area contributed by atoms with Crippen molar-refractivity contribution in [3.05, 3.63) is 0 Å². The average Bonchev–Trinajstić information content (AvgIpc) is 2.24. The molecular weight excluding hydrogens is 230 g/mol. The number of carbonyl (C=O) groups excluding carboxylic acids is 1. The number of hydrogen-bond acceptors (Lipinski definition) is 3. The molecule has 2 unspecified atom stereocenters. The topological polar surface area (TPSA) is 50.4 Å². The second-order valence-corrected chi connectivity index (χ2v) is 4.36. The summed E-state index contributed by atoms with van der Waals surface area (Å²) in [5.41, 5.74) is 0. The smallest absolute Gasteiger partial charge is 0.261 e. The molecule has 100 valence electrons. The molecule has 1 amide bonds. The number of carbonyl (C=O) groups is 1. The van der Waals surface area contributed by atoms with Crippen molar-refractivity contribution >= 4 is 5.91 Å². The Morgan fingerprint density at radius 1 is 1.59 bits per heavy atom. The number of ether oxygens (including phenoxy) is 1. The molecule has 17 heavy (non-hydrogen) atoms. The first-order valence-electron chi connectivity index (χ1n) is 5.96. The van der Waals surface area contributed by atoms with E-state index in [1.54, 1.807) is 0 Å². The molecule has 2 atom stereocenters. The van der Waals surface area contributed by atoms with Gasteiger partial charge in [-0.05, 0) is 26.3 Å². The maximum atomic E-state index is 11.7. The van der Waals surface area contributed by atoms with Crippen molar-refractivity contribution in [1.29, 1.82) is 0 Å². The summed E-state index contributed by atoms with van der Waals surface area (Å²) in [6.07, 6.45) is -0.508. The fourth-order valence-electron chi connectivity index (χ4n) is 1.90. The molecule has 1 fully saturated rings. The fourth-order valence-corrected chi connectivity index (χ4v) is 1.90. The lowest BCUT2D eigenvalue weighted by Gasteiger charge is -2.28. The zero-order valence-electron chi connectivity index (χ0n) is 10.0. The minimum absolute atomic E-state index is 0.0523. The standard InChI is InChI=1S/C11H20F2N2O2/c1-8-6-9(2-4-14-8)15-11(16)3-5-17-7-10(12)13/h8-10,14H,2-7H2,1H3,(H,15,16). The second-order valence-electron chi connectivity index (χ2n) is 4.36. The maximum absolute atomic E-state index is 11.7. The van der Waals surface area contributed by atoms with Crippen LogP contribution in [0.3, 0.4) is 0 Å². The molecule has 4 nitrogen and oxygen atoms in total. The highest BCUT2D eigenvalue weighted by molar-refractivity contribution is 5.76. The Hall–Kier alpha value is -0.750. The van der Waals surface area contributed by atoms with E-state index in [1.807, 2.05) is 0 Å². The van der Waals surface area contributed by atoms with E-state index >= 15 is 0 Å².